The van der Waals surface area contributed by atoms with Gasteiger partial charge < -0.3 is 4.74 Å². The van der Waals surface area contributed by atoms with E-state index in [4.69, 9.17) is 4.74 Å². The number of nitro benzene ring substituents is 2. The molecule has 0 amide bonds. The summed E-state index contributed by atoms with van der Waals surface area (Å²) in [6.45, 7) is 3.73. The Bertz CT molecular complexity index is 803. The van der Waals surface area contributed by atoms with Gasteiger partial charge >= 0.3 is 11.4 Å². The molecule has 25 heavy (non-hydrogen) atoms. The summed E-state index contributed by atoms with van der Waals surface area (Å²) < 4.78 is 5.35. The van der Waals surface area contributed by atoms with E-state index >= 15 is 0 Å². The topological polar surface area (TPSA) is 98.8 Å². The highest BCUT2D eigenvalue weighted by Crippen LogP contribution is 2.33. The van der Waals surface area contributed by atoms with Crippen molar-refractivity contribution >= 4 is 11.4 Å². The van der Waals surface area contributed by atoms with Gasteiger partial charge in [-0.1, -0.05) is 24.3 Å². The smallest absolute Gasteiger partial charge is 0.346 e. The molecule has 1 heterocycles. The van der Waals surface area contributed by atoms with E-state index in [2.05, 4.69) is 4.90 Å². The second-order valence-corrected chi connectivity index (χ2v) is 5.76. The Morgan fingerprint density at radius 3 is 2.32 bits per heavy atom. The van der Waals surface area contributed by atoms with Crippen LogP contribution in [0.5, 0.6) is 0 Å². The predicted octanol–water partition coefficient (Wildman–Crippen LogP) is 3.00. The van der Waals surface area contributed by atoms with Crippen LogP contribution >= 0.6 is 0 Å². The summed E-state index contributed by atoms with van der Waals surface area (Å²) >= 11 is 0. The Morgan fingerprint density at radius 2 is 1.64 bits per heavy atom. The van der Waals surface area contributed by atoms with E-state index in [9.17, 15) is 20.2 Å². The summed E-state index contributed by atoms with van der Waals surface area (Å²) in [6, 6.07) is 11.6. The minimum absolute atomic E-state index is 0.497. The summed E-state index contributed by atoms with van der Waals surface area (Å²) in [6.07, 6.45) is 0. The van der Waals surface area contributed by atoms with Crippen LogP contribution in [0.15, 0.2) is 42.5 Å². The van der Waals surface area contributed by atoms with Gasteiger partial charge in [0.25, 0.3) is 0 Å². The number of nitrogens with zero attached hydrogens (tertiary/aromatic N) is 3. The zero-order valence-corrected chi connectivity index (χ0v) is 13.5. The first-order valence-corrected chi connectivity index (χ1v) is 7.87. The van der Waals surface area contributed by atoms with Crippen molar-refractivity contribution in [1.82, 2.24) is 4.90 Å². The lowest BCUT2D eigenvalue weighted by Crippen LogP contribution is -2.35. The van der Waals surface area contributed by atoms with Crippen molar-refractivity contribution in [2.75, 3.05) is 26.3 Å². The summed E-state index contributed by atoms with van der Waals surface area (Å²) in [5.41, 5.74) is 1.46. The van der Waals surface area contributed by atoms with Crippen LogP contribution < -0.4 is 0 Å². The molecule has 1 fully saturated rings. The SMILES string of the molecule is O=[N+]([O-])c1ccc(-c2ccccc2CN2CCOCC2)cc1[N+](=O)[O-]. The fourth-order valence-corrected chi connectivity index (χ4v) is 2.93. The van der Waals surface area contributed by atoms with Crippen molar-refractivity contribution in [3.63, 3.8) is 0 Å². The van der Waals surface area contributed by atoms with Gasteiger partial charge in [-0.3, -0.25) is 25.1 Å². The molecule has 2 aromatic carbocycles. The molecule has 8 heteroatoms. The van der Waals surface area contributed by atoms with Crippen LogP contribution in [0.1, 0.15) is 5.56 Å². The van der Waals surface area contributed by atoms with Crippen LogP contribution in [0.4, 0.5) is 11.4 Å². The molecule has 0 saturated carbocycles. The molecule has 0 N–H and O–H groups in total. The predicted molar refractivity (Wildman–Crippen MR) is 91.3 cm³/mol. The molecule has 0 atom stereocenters. The van der Waals surface area contributed by atoms with Crippen molar-refractivity contribution in [2.45, 2.75) is 6.54 Å². The molecule has 2 aromatic rings. The molecule has 0 radical (unpaired) electrons. The molecule has 1 saturated heterocycles. The molecule has 1 aliphatic rings. The molecular formula is C17H17N3O5. The van der Waals surface area contributed by atoms with E-state index in [-0.39, 0.29) is 0 Å². The van der Waals surface area contributed by atoms with Crippen LogP contribution in [0.2, 0.25) is 0 Å². The van der Waals surface area contributed by atoms with Crippen LogP contribution in [0.25, 0.3) is 11.1 Å². The summed E-state index contributed by atoms with van der Waals surface area (Å²) in [7, 11) is 0. The Balaban J connectivity index is 1.97. The van der Waals surface area contributed by atoms with Crippen LogP contribution in [0, 0.1) is 20.2 Å². The first kappa shape index (κ1) is 17.0. The van der Waals surface area contributed by atoms with Gasteiger partial charge in [0.1, 0.15) is 0 Å². The third kappa shape index (κ3) is 3.81. The third-order valence-electron chi connectivity index (χ3n) is 4.19. The number of hydrogen-bond donors (Lipinski definition) is 0. The van der Waals surface area contributed by atoms with E-state index in [0.29, 0.717) is 25.3 Å². The van der Waals surface area contributed by atoms with Crippen LogP contribution in [0.3, 0.4) is 0 Å². The first-order valence-electron chi connectivity index (χ1n) is 7.87. The highest BCUT2D eigenvalue weighted by molar-refractivity contribution is 5.72. The quantitative estimate of drug-likeness (QED) is 0.611. The van der Waals surface area contributed by atoms with Crippen molar-refractivity contribution in [3.8, 4) is 11.1 Å². The minimum Gasteiger partial charge on any atom is -0.379 e. The Kier molecular flexibility index (Phi) is 5.01. The fourth-order valence-electron chi connectivity index (χ4n) is 2.93. The molecule has 0 aliphatic carbocycles. The summed E-state index contributed by atoms with van der Waals surface area (Å²) in [4.78, 5) is 23.0. The Hall–Kier alpha value is -2.84. The summed E-state index contributed by atoms with van der Waals surface area (Å²) in [5.74, 6) is 0. The molecule has 130 valence electrons. The van der Waals surface area contributed by atoms with Gasteiger partial charge in [-0.05, 0) is 22.8 Å². The van der Waals surface area contributed by atoms with Crippen molar-refractivity contribution in [2.24, 2.45) is 0 Å². The number of rotatable bonds is 5. The number of morpholine rings is 1. The molecule has 8 nitrogen and oxygen atoms in total. The number of hydrogen-bond acceptors (Lipinski definition) is 6. The number of benzene rings is 2. The third-order valence-corrected chi connectivity index (χ3v) is 4.19. The van der Waals surface area contributed by atoms with E-state index in [1.807, 2.05) is 24.3 Å². The molecule has 1 aliphatic heterocycles. The van der Waals surface area contributed by atoms with Gasteiger partial charge in [-0.2, -0.15) is 0 Å². The van der Waals surface area contributed by atoms with Crippen molar-refractivity contribution < 1.29 is 14.6 Å². The summed E-state index contributed by atoms with van der Waals surface area (Å²) in [5, 5.41) is 22.2. The number of nitro groups is 2. The van der Waals surface area contributed by atoms with Crippen molar-refractivity contribution in [3.05, 3.63) is 68.3 Å². The van der Waals surface area contributed by atoms with E-state index < -0.39 is 21.2 Å². The lowest BCUT2D eigenvalue weighted by molar-refractivity contribution is -0.422. The largest absolute Gasteiger partial charge is 0.379 e. The molecule has 3 rings (SSSR count). The van der Waals surface area contributed by atoms with Crippen molar-refractivity contribution in [1.29, 1.82) is 0 Å². The van der Waals surface area contributed by atoms with Gasteiger partial charge in [0.15, 0.2) is 0 Å². The zero-order valence-electron chi connectivity index (χ0n) is 13.5. The van der Waals surface area contributed by atoms with E-state index in [1.165, 1.54) is 12.1 Å². The maximum Gasteiger partial charge on any atom is 0.346 e. The lowest BCUT2D eigenvalue weighted by atomic mass is 9.98. The normalized spacial score (nSPS) is 15.0. The van der Waals surface area contributed by atoms with E-state index in [1.54, 1.807) is 6.07 Å². The Labute approximate surface area is 143 Å². The second kappa shape index (κ2) is 7.37. The van der Waals surface area contributed by atoms with Gasteiger partial charge in [-0.15, -0.1) is 0 Å². The van der Waals surface area contributed by atoms with Gasteiger partial charge in [0.2, 0.25) is 0 Å². The maximum absolute atomic E-state index is 11.2. The van der Waals surface area contributed by atoms with E-state index in [0.717, 1.165) is 24.2 Å². The molecule has 0 bridgehead atoms. The standard InChI is InChI=1S/C17H17N3O5/c21-19(22)16-6-5-13(11-17(16)20(23)24)15-4-2-1-3-14(15)12-18-7-9-25-10-8-18/h1-6,11H,7-10,12H2. The molecule has 0 aromatic heterocycles. The minimum atomic E-state index is -0.735. The van der Waals surface area contributed by atoms with Gasteiger partial charge in [0, 0.05) is 31.8 Å². The average Bonchev–Trinajstić information content (AvgIpc) is 2.62. The van der Waals surface area contributed by atoms with Crippen LogP contribution in [-0.4, -0.2) is 41.0 Å². The Morgan fingerprint density at radius 1 is 0.960 bits per heavy atom. The molecular weight excluding hydrogens is 326 g/mol. The first-order chi connectivity index (χ1) is 12.1. The van der Waals surface area contributed by atoms with Crippen LogP contribution in [-0.2, 0) is 11.3 Å². The second-order valence-electron chi connectivity index (χ2n) is 5.76. The number of ether oxygens (including phenoxy) is 1. The highest BCUT2D eigenvalue weighted by atomic mass is 16.6. The average molecular weight is 343 g/mol. The van der Waals surface area contributed by atoms with Gasteiger partial charge in [0.05, 0.1) is 23.1 Å². The maximum atomic E-state index is 11.2. The molecule has 0 spiro atoms. The zero-order chi connectivity index (χ0) is 17.8. The van der Waals surface area contributed by atoms with Gasteiger partial charge in [-0.25, -0.2) is 0 Å². The fraction of sp³-hybridized carbons (Fsp3) is 0.294. The monoisotopic (exact) mass is 343 g/mol. The lowest BCUT2D eigenvalue weighted by Gasteiger charge is -2.27. The highest BCUT2D eigenvalue weighted by Gasteiger charge is 2.25. The molecule has 0 unspecified atom stereocenters.